The molecule has 0 radical (unpaired) electrons. The Morgan fingerprint density at radius 2 is 2.08 bits per heavy atom. The number of allylic oxidation sites excluding steroid dienone is 1. The van der Waals surface area contributed by atoms with Gasteiger partial charge < -0.3 is 10.1 Å². The Morgan fingerprint density at radius 3 is 2.65 bits per heavy atom. The number of nitrogens with one attached hydrogen (secondary N) is 1. The summed E-state index contributed by atoms with van der Waals surface area (Å²) in [7, 11) is 0. The molecule has 3 nitrogen and oxygen atoms in total. The topological polar surface area (TPSA) is 38.3 Å². The minimum absolute atomic E-state index is 0.0242. The highest BCUT2D eigenvalue weighted by Crippen LogP contribution is 2.44. The van der Waals surface area contributed by atoms with Crippen molar-refractivity contribution in [1.82, 2.24) is 5.32 Å². The molecule has 26 heavy (non-hydrogen) atoms. The average molecular weight is 356 g/mol. The van der Waals surface area contributed by atoms with E-state index in [4.69, 9.17) is 4.74 Å². The summed E-state index contributed by atoms with van der Waals surface area (Å²) in [4.78, 5) is 12.9. The monoisotopic (exact) mass is 355 g/mol. The molecule has 0 aliphatic heterocycles. The Bertz CT molecular complexity index is 702. The zero-order chi connectivity index (χ0) is 19.5. The van der Waals surface area contributed by atoms with Crippen molar-refractivity contribution in [3.05, 3.63) is 53.8 Å². The van der Waals surface area contributed by atoms with E-state index in [-0.39, 0.29) is 17.4 Å². The molecule has 0 bridgehead atoms. The van der Waals surface area contributed by atoms with E-state index in [1.54, 1.807) is 0 Å². The van der Waals surface area contributed by atoms with Gasteiger partial charge in [-0.1, -0.05) is 45.9 Å². The predicted octanol–water partition coefficient (Wildman–Crippen LogP) is 5.80. The summed E-state index contributed by atoms with van der Waals surface area (Å²) < 4.78 is 5.59. The number of benzene rings is 1. The Kier molecular flexibility index (Phi) is 6.33. The quantitative estimate of drug-likeness (QED) is 0.517. The molecule has 2 rings (SSSR count). The van der Waals surface area contributed by atoms with Gasteiger partial charge in [-0.2, -0.15) is 0 Å². The first kappa shape index (κ1) is 20.3. The third kappa shape index (κ3) is 4.38. The molecular weight excluding hydrogens is 322 g/mol. The molecule has 2 atom stereocenters. The highest BCUT2D eigenvalue weighted by Gasteiger charge is 2.41. The second-order valence-electron chi connectivity index (χ2n) is 8.15. The highest BCUT2D eigenvalue weighted by molar-refractivity contribution is 5.94. The maximum atomic E-state index is 12.9. The lowest BCUT2D eigenvalue weighted by Crippen LogP contribution is -2.52. The lowest BCUT2D eigenvalue weighted by atomic mass is 9.64. The van der Waals surface area contributed by atoms with Crippen molar-refractivity contribution >= 4 is 5.91 Å². The number of carbonyl (C=O) groups is 1. The Hall–Kier alpha value is -2.03. The van der Waals surface area contributed by atoms with Crippen LogP contribution in [-0.2, 0) is 0 Å². The Morgan fingerprint density at radius 1 is 1.38 bits per heavy atom. The molecule has 1 aromatic carbocycles. The van der Waals surface area contributed by atoms with Crippen LogP contribution in [0.4, 0.5) is 0 Å². The van der Waals surface area contributed by atoms with Gasteiger partial charge in [0.2, 0.25) is 0 Å². The van der Waals surface area contributed by atoms with Crippen LogP contribution in [0.1, 0.15) is 69.3 Å². The molecule has 0 aromatic heterocycles. The van der Waals surface area contributed by atoms with Gasteiger partial charge in [0.25, 0.3) is 5.91 Å². The molecule has 142 valence electrons. The lowest BCUT2D eigenvalue weighted by Gasteiger charge is -2.46. The molecule has 1 amide bonds. The van der Waals surface area contributed by atoms with Crippen LogP contribution in [0.3, 0.4) is 0 Å². The van der Waals surface area contributed by atoms with Crippen LogP contribution in [0, 0.1) is 18.3 Å². The summed E-state index contributed by atoms with van der Waals surface area (Å²) in [5.41, 5.74) is 2.74. The fourth-order valence-electron chi connectivity index (χ4n) is 3.96. The van der Waals surface area contributed by atoms with Gasteiger partial charge in [0.05, 0.1) is 5.76 Å². The first-order valence-electron chi connectivity index (χ1n) is 9.60. The predicted molar refractivity (Wildman–Crippen MR) is 108 cm³/mol. The van der Waals surface area contributed by atoms with Crippen molar-refractivity contribution in [3.8, 4) is 5.75 Å². The number of rotatable bonds is 6. The summed E-state index contributed by atoms with van der Waals surface area (Å²) in [5, 5.41) is 3.32. The number of aryl methyl sites for hydroxylation is 1. The summed E-state index contributed by atoms with van der Waals surface area (Å²) in [6, 6.07) is 5.66. The summed E-state index contributed by atoms with van der Waals surface area (Å²) in [6.45, 7) is 18.4. The fraction of sp³-hybridized carbons (Fsp3) is 0.522. The maximum Gasteiger partial charge on any atom is 0.251 e. The Labute approximate surface area is 158 Å². The van der Waals surface area contributed by atoms with Gasteiger partial charge in [-0.15, -0.1) is 0 Å². The van der Waals surface area contributed by atoms with Gasteiger partial charge in [0.15, 0.2) is 0 Å². The molecule has 3 heteroatoms. The van der Waals surface area contributed by atoms with Gasteiger partial charge >= 0.3 is 0 Å². The molecule has 0 saturated heterocycles. The van der Waals surface area contributed by atoms with Crippen LogP contribution < -0.4 is 10.1 Å². The Balaban J connectivity index is 2.21. The third-order valence-corrected chi connectivity index (χ3v) is 5.64. The highest BCUT2D eigenvalue weighted by atomic mass is 16.5. The van der Waals surface area contributed by atoms with E-state index in [9.17, 15) is 4.79 Å². The molecule has 1 N–H and O–H groups in total. The number of hydrogen-bond acceptors (Lipinski definition) is 2. The van der Waals surface area contributed by atoms with Crippen molar-refractivity contribution in [2.24, 2.45) is 11.3 Å². The van der Waals surface area contributed by atoms with Crippen LogP contribution in [0.2, 0.25) is 0 Å². The van der Waals surface area contributed by atoms with Crippen molar-refractivity contribution in [3.63, 3.8) is 0 Å². The van der Waals surface area contributed by atoms with E-state index in [1.165, 1.54) is 5.57 Å². The molecule has 1 aliphatic carbocycles. The molecule has 1 aromatic rings. The zero-order valence-corrected chi connectivity index (χ0v) is 16.9. The van der Waals surface area contributed by atoms with Gasteiger partial charge in [-0.05, 0) is 62.8 Å². The van der Waals surface area contributed by atoms with E-state index < -0.39 is 0 Å². The molecular formula is C23H33NO2. The first-order chi connectivity index (χ1) is 12.2. The smallest absolute Gasteiger partial charge is 0.251 e. The molecule has 1 fully saturated rings. The van der Waals surface area contributed by atoms with Gasteiger partial charge in [-0.3, -0.25) is 4.79 Å². The fourth-order valence-corrected chi connectivity index (χ4v) is 3.96. The van der Waals surface area contributed by atoms with Crippen molar-refractivity contribution < 1.29 is 9.53 Å². The van der Waals surface area contributed by atoms with E-state index in [0.29, 0.717) is 17.2 Å². The standard InChI is InChI=1S/C23H33NO2/c1-8-9-18-11-10-17(5)23(6,7)21(18)24-22(25)19-12-13-20(16(4)14-19)26-15(2)3/h12-14,18,21H,2,5,8-11H2,1,3-4,6-7H3,(H,24,25)/t18?,21-/m1/s1. The van der Waals surface area contributed by atoms with E-state index in [1.807, 2.05) is 32.0 Å². The molecule has 0 heterocycles. The van der Waals surface area contributed by atoms with E-state index in [0.717, 1.165) is 37.0 Å². The van der Waals surface area contributed by atoms with Crippen molar-refractivity contribution in [2.75, 3.05) is 0 Å². The van der Waals surface area contributed by atoms with E-state index >= 15 is 0 Å². The largest absolute Gasteiger partial charge is 0.462 e. The summed E-state index contributed by atoms with van der Waals surface area (Å²) >= 11 is 0. The first-order valence-corrected chi connectivity index (χ1v) is 9.60. The van der Waals surface area contributed by atoms with Gasteiger partial charge in [-0.25, -0.2) is 0 Å². The van der Waals surface area contributed by atoms with Crippen LogP contribution in [0.5, 0.6) is 5.75 Å². The van der Waals surface area contributed by atoms with Crippen molar-refractivity contribution in [1.29, 1.82) is 0 Å². The molecule has 0 spiro atoms. The van der Waals surface area contributed by atoms with Crippen LogP contribution >= 0.6 is 0 Å². The number of hydrogen-bond donors (Lipinski definition) is 1. The maximum absolute atomic E-state index is 12.9. The SMILES string of the molecule is C=C(C)Oc1ccc(C(=O)N[C@@H]2C(CCC)CCC(=C)C2(C)C)cc1C. The lowest BCUT2D eigenvalue weighted by molar-refractivity contribution is 0.0830. The molecule has 1 unspecified atom stereocenters. The zero-order valence-electron chi connectivity index (χ0n) is 16.9. The number of amides is 1. The minimum atomic E-state index is -0.0915. The van der Waals surface area contributed by atoms with Gasteiger partial charge in [0.1, 0.15) is 5.75 Å². The van der Waals surface area contributed by atoms with Crippen LogP contribution in [0.25, 0.3) is 0 Å². The second kappa shape index (κ2) is 8.11. The summed E-state index contributed by atoms with van der Waals surface area (Å²) in [6.07, 6.45) is 4.42. The molecule has 1 aliphatic rings. The second-order valence-corrected chi connectivity index (χ2v) is 8.15. The van der Waals surface area contributed by atoms with Gasteiger partial charge in [0, 0.05) is 17.0 Å². The van der Waals surface area contributed by atoms with Crippen molar-refractivity contribution in [2.45, 2.75) is 66.3 Å². The number of carbonyl (C=O) groups excluding carboxylic acids is 1. The van der Waals surface area contributed by atoms with E-state index in [2.05, 4.69) is 39.2 Å². The third-order valence-electron chi connectivity index (χ3n) is 5.64. The minimum Gasteiger partial charge on any atom is -0.462 e. The number of ether oxygens (including phenoxy) is 1. The van der Waals surface area contributed by atoms with Crippen LogP contribution in [0.15, 0.2) is 42.7 Å². The molecule has 1 saturated carbocycles. The average Bonchev–Trinajstić information content (AvgIpc) is 2.56. The normalized spacial score (nSPS) is 22.0. The van der Waals surface area contributed by atoms with Crippen LogP contribution in [-0.4, -0.2) is 11.9 Å². The summed E-state index contributed by atoms with van der Waals surface area (Å²) in [5.74, 6) is 1.85.